The quantitative estimate of drug-likeness (QED) is 0.733. The molecule has 0 bridgehead atoms. The number of nitrogens with zero attached hydrogens (tertiary/aromatic N) is 2. The number of benzene rings is 1. The highest BCUT2D eigenvalue weighted by atomic mass is 79.9. The Morgan fingerprint density at radius 2 is 2.22 bits per heavy atom. The van der Waals surface area contributed by atoms with Gasteiger partial charge in [-0.2, -0.15) is 0 Å². The maximum atomic E-state index is 6.27. The minimum atomic E-state index is -0.0569. The molecule has 1 atom stereocenters. The molecule has 4 heteroatoms. The molecule has 1 fully saturated rings. The van der Waals surface area contributed by atoms with Crippen LogP contribution in [0.3, 0.4) is 0 Å². The predicted molar refractivity (Wildman–Crippen MR) is 79.0 cm³/mol. The van der Waals surface area contributed by atoms with E-state index in [1.165, 1.54) is 18.4 Å². The van der Waals surface area contributed by atoms with Crippen LogP contribution in [-0.4, -0.2) is 9.55 Å². The summed E-state index contributed by atoms with van der Waals surface area (Å²) in [6.07, 6.45) is 2.61. The van der Waals surface area contributed by atoms with Crippen LogP contribution < -0.4 is 0 Å². The van der Waals surface area contributed by atoms with Gasteiger partial charge >= 0.3 is 0 Å². The zero-order chi connectivity index (χ0) is 12.9. The molecule has 3 rings (SSSR count). The largest absolute Gasteiger partial charge is 0.326 e. The van der Waals surface area contributed by atoms with E-state index in [2.05, 4.69) is 50.6 Å². The molecule has 1 aliphatic carbocycles. The van der Waals surface area contributed by atoms with Crippen molar-refractivity contribution in [2.75, 3.05) is 0 Å². The van der Waals surface area contributed by atoms with Crippen molar-refractivity contribution in [1.29, 1.82) is 0 Å². The van der Waals surface area contributed by atoms with Gasteiger partial charge in [-0.25, -0.2) is 4.98 Å². The van der Waals surface area contributed by atoms with Crippen LogP contribution in [0, 0.1) is 5.41 Å². The maximum Gasteiger partial charge on any atom is 0.127 e. The summed E-state index contributed by atoms with van der Waals surface area (Å²) >= 11 is 9.77. The van der Waals surface area contributed by atoms with E-state index in [4.69, 9.17) is 11.6 Å². The monoisotopic (exact) mass is 326 g/mol. The number of alkyl halides is 1. The maximum absolute atomic E-state index is 6.27. The van der Waals surface area contributed by atoms with E-state index in [9.17, 15) is 0 Å². The number of rotatable bonds is 3. The first-order valence-electron chi connectivity index (χ1n) is 6.28. The van der Waals surface area contributed by atoms with Gasteiger partial charge in [-0.1, -0.05) is 22.9 Å². The van der Waals surface area contributed by atoms with Gasteiger partial charge in [0.25, 0.3) is 0 Å². The second-order valence-electron chi connectivity index (χ2n) is 5.62. The topological polar surface area (TPSA) is 17.8 Å². The third kappa shape index (κ3) is 2.19. The molecule has 2 nitrogen and oxygen atoms in total. The fourth-order valence-corrected chi connectivity index (χ4v) is 2.86. The number of fused-ring (bicyclic) bond motifs is 1. The van der Waals surface area contributed by atoms with Crippen LogP contribution in [0.1, 0.15) is 37.9 Å². The zero-order valence-electron chi connectivity index (χ0n) is 10.6. The molecular weight excluding hydrogens is 312 g/mol. The second kappa shape index (κ2) is 4.24. The first kappa shape index (κ1) is 12.5. The summed E-state index contributed by atoms with van der Waals surface area (Å²) in [5.41, 5.74) is 2.66. The molecule has 0 amide bonds. The fraction of sp³-hybridized carbons (Fsp3) is 0.500. The third-order valence-electron chi connectivity index (χ3n) is 3.74. The van der Waals surface area contributed by atoms with E-state index in [-0.39, 0.29) is 5.38 Å². The highest BCUT2D eigenvalue weighted by molar-refractivity contribution is 9.10. The molecule has 1 aromatic carbocycles. The summed E-state index contributed by atoms with van der Waals surface area (Å²) in [5, 5.41) is -0.0569. The lowest BCUT2D eigenvalue weighted by molar-refractivity contribution is 0.461. The van der Waals surface area contributed by atoms with Gasteiger partial charge in [0.2, 0.25) is 0 Å². The molecule has 1 aliphatic rings. The Balaban J connectivity index is 2.15. The van der Waals surface area contributed by atoms with Crippen LogP contribution in [0.15, 0.2) is 22.7 Å². The summed E-state index contributed by atoms with van der Waals surface area (Å²) < 4.78 is 3.36. The van der Waals surface area contributed by atoms with E-state index in [1.807, 2.05) is 6.92 Å². The summed E-state index contributed by atoms with van der Waals surface area (Å²) in [4.78, 5) is 4.69. The van der Waals surface area contributed by atoms with Crippen molar-refractivity contribution in [1.82, 2.24) is 9.55 Å². The van der Waals surface area contributed by atoms with Gasteiger partial charge in [0, 0.05) is 11.0 Å². The van der Waals surface area contributed by atoms with Gasteiger partial charge in [0.05, 0.1) is 16.4 Å². The molecule has 1 aromatic heterocycles. The lowest BCUT2D eigenvalue weighted by Gasteiger charge is -2.14. The Morgan fingerprint density at radius 1 is 1.50 bits per heavy atom. The average molecular weight is 328 g/mol. The first-order valence-corrected chi connectivity index (χ1v) is 7.51. The van der Waals surface area contributed by atoms with Crippen LogP contribution in [0.5, 0.6) is 0 Å². The van der Waals surface area contributed by atoms with Gasteiger partial charge in [0.1, 0.15) is 5.82 Å². The molecule has 1 heterocycles. The summed E-state index contributed by atoms with van der Waals surface area (Å²) in [6, 6.07) is 6.25. The summed E-state index contributed by atoms with van der Waals surface area (Å²) in [6.45, 7) is 5.35. The standard InChI is InChI=1S/C14H16BrClN2/c1-9(16)13-17-11-7-10(15)3-4-12(11)18(13)8-14(2)5-6-14/h3-4,7,9H,5-6,8H2,1-2H3. The Kier molecular flexibility index (Phi) is 2.94. The number of aromatic nitrogens is 2. The third-order valence-corrected chi connectivity index (χ3v) is 4.43. The molecule has 18 heavy (non-hydrogen) atoms. The number of hydrogen-bond acceptors (Lipinski definition) is 1. The molecule has 1 saturated carbocycles. The van der Waals surface area contributed by atoms with Crippen LogP contribution in [0.2, 0.25) is 0 Å². The number of halogens is 2. The highest BCUT2D eigenvalue weighted by Crippen LogP contribution is 2.47. The molecule has 0 radical (unpaired) electrons. The van der Waals surface area contributed by atoms with Crippen LogP contribution in [0.25, 0.3) is 11.0 Å². The fourth-order valence-electron chi connectivity index (χ4n) is 2.34. The molecule has 0 N–H and O–H groups in total. The van der Waals surface area contributed by atoms with Gasteiger partial charge in [-0.15, -0.1) is 11.6 Å². The minimum Gasteiger partial charge on any atom is -0.326 e. The van der Waals surface area contributed by atoms with Gasteiger partial charge in [0.15, 0.2) is 0 Å². The van der Waals surface area contributed by atoms with Gasteiger partial charge < -0.3 is 4.57 Å². The van der Waals surface area contributed by atoms with Crippen molar-refractivity contribution in [2.45, 2.75) is 38.6 Å². The predicted octanol–water partition coefficient (Wildman–Crippen LogP) is 4.90. The van der Waals surface area contributed by atoms with Gasteiger partial charge in [-0.3, -0.25) is 0 Å². The van der Waals surface area contributed by atoms with Crippen molar-refractivity contribution in [2.24, 2.45) is 5.41 Å². The van der Waals surface area contributed by atoms with Crippen molar-refractivity contribution in [3.8, 4) is 0 Å². The van der Waals surface area contributed by atoms with E-state index in [1.54, 1.807) is 0 Å². The van der Waals surface area contributed by atoms with Crippen LogP contribution >= 0.6 is 27.5 Å². The highest BCUT2D eigenvalue weighted by Gasteiger charge is 2.38. The summed E-state index contributed by atoms with van der Waals surface area (Å²) in [5.74, 6) is 0.984. The molecule has 2 aromatic rings. The second-order valence-corrected chi connectivity index (χ2v) is 7.19. The van der Waals surface area contributed by atoms with Crippen LogP contribution in [-0.2, 0) is 6.54 Å². The zero-order valence-corrected chi connectivity index (χ0v) is 12.9. The number of imidazole rings is 1. The molecule has 0 saturated heterocycles. The summed E-state index contributed by atoms with van der Waals surface area (Å²) in [7, 11) is 0. The Hall–Kier alpha value is -0.540. The van der Waals surface area contributed by atoms with E-state index in [0.29, 0.717) is 5.41 Å². The van der Waals surface area contributed by atoms with E-state index < -0.39 is 0 Å². The molecule has 96 valence electrons. The lowest BCUT2D eigenvalue weighted by atomic mass is 10.1. The average Bonchev–Trinajstić information content (AvgIpc) is 2.91. The van der Waals surface area contributed by atoms with Gasteiger partial charge in [-0.05, 0) is 43.4 Å². The molecule has 1 unspecified atom stereocenters. The van der Waals surface area contributed by atoms with E-state index in [0.717, 1.165) is 22.4 Å². The Labute approximate surface area is 120 Å². The molecule has 0 spiro atoms. The smallest absolute Gasteiger partial charge is 0.127 e. The normalized spacial score (nSPS) is 19.1. The molecular formula is C14H16BrClN2. The van der Waals surface area contributed by atoms with Crippen molar-refractivity contribution >= 4 is 38.6 Å². The first-order chi connectivity index (χ1) is 8.48. The van der Waals surface area contributed by atoms with E-state index >= 15 is 0 Å². The lowest BCUT2D eigenvalue weighted by Crippen LogP contribution is -2.11. The molecule has 0 aliphatic heterocycles. The van der Waals surface area contributed by atoms with Crippen LogP contribution in [0.4, 0.5) is 0 Å². The Bertz CT molecular complexity index is 599. The SMILES string of the molecule is CC(Cl)c1nc2cc(Br)ccc2n1CC1(C)CC1. The number of hydrogen-bond donors (Lipinski definition) is 0. The van der Waals surface area contributed by atoms with Crippen molar-refractivity contribution < 1.29 is 0 Å². The minimum absolute atomic E-state index is 0.0569. The Morgan fingerprint density at radius 3 is 2.83 bits per heavy atom. The van der Waals surface area contributed by atoms with Crippen molar-refractivity contribution in [3.05, 3.63) is 28.5 Å². The van der Waals surface area contributed by atoms with Crippen molar-refractivity contribution in [3.63, 3.8) is 0 Å².